The summed E-state index contributed by atoms with van der Waals surface area (Å²) in [6.45, 7) is 0. The number of pyridine rings is 2. The molecule has 4 rings (SSSR count). The van der Waals surface area contributed by atoms with E-state index in [1.54, 1.807) is 42.7 Å². The average Bonchev–Trinajstić information content (AvgIpc) is 2.65. The number of benzene rings is 2. The molecule has 2 heterocycles. The molecule has 0 saturated carbocycles. The lowest BCUT2D eigenvalue weighted by molar-refractivity contribution is 0.476. The number of hydrogen-bond donors (Lipinski definition) is 2. The van der Waals surface area contributed by atoms with Crippen LogP contribution in [0.25, 0.3) is 22.2 Å². The summed E-state index contributed by atoms with van der Waals surface area (Å²) in [4.78, 5) is 8.39. The highest BCUT2D eigenvalue weighted by molar-refractivity contribution is 5.96. The van der Waals surface area contributed by atoms with Crippen LogP contribution in [0.15, 0.2) is 73.1 Å². The summed E-state index contributed by atoms with van der Waals surface area (Å²) in [5.41, 5.74) is 2.12. The molecule has 4 nitrogen and oxygen atoms in total. The van der Waals surface area contributed by atoms with Crippen LogP contribution < -0.4 is 5.32 Å². The second-order valence-corrected chi connectivity index (χ2v) is 5.54. The van der Waals surface area contributed by atoms with Gasteiger partial charge in [0, 0.05) is 29.0 Å². The molecule has 2 aromatic heterocycles. The van der Waals surface area contributed by atoms with Gasteiger partial charge in [0.15, 0.2) is 5.82 Å². The molecule has 0 amide bonds. The van der Waals surface area contributed by atoms with E-state index in [0.717, 1.165) is 0 Å². The third-order valence-electron chi connectivity index (χ3n) is 3.94. The van der Waals surface area contributed by atoms with E-state index in [1.807, 2.05) is 24.3 Å². The van der Waals surface area contributed by atoms with Crippen molar-refractivity contribution in [2.24, 2.45) is 0 Å². The molecule has 122 valence electrons. The zero-order chi connectivity index (χ0) is 17.2. The summed E-state index contributed by atoms with van der Waals surface area (Å²) in [5.74, 6) is -0.531. The van der Waals surface area contributed by atoms with Gasteiger partial charge in [0.2, 0.25) is 0 Å². The Morgan fingerprint density at radius 2 is 1.60 bits per heavy atom. The van der Waals surface area contributed by atoms with Crippen LogP contribution in [0.5, 0.6) is 5.75 Å². The number of fused-ring (bicyclic) bond motifs is 1. The smallest absolute Gasteiger partial charge is 0.173 e. The van der Waals surface area contributed by atoms with Gasteiger partial charge in [0.1, 0.15) is 11.4 Å². The second-order valence-electron chi connectivity index (χ2n) is 5.54. The van der Waals surface area contributed by atoms with Gasteiger partial charge >= 0.3 is 0 Å². The fourth-order valence-electron chi connectivity index (χ4n) is 2.74. The average molecular weight is 331 g/mol. The van der Waals surface area contributed by atoms with E-state index >= 15 is 4.39 Å². The fourth-order valence-corrected chi connectivity index (χ4v) is 2.74. The molecule has 0 bridgehead atoms. The number of nitrogens with one attached hydrogen (secondary N) is 1. The Kier molecular flexibility index (Phi) is 3.74. The first-order valence-corrected chi connectivity index (χ1v) is 7.77. The van der Waals surface area contributed by atoms with Gasteiger partial charge in [-0.25, -0.2) is 9.37 Å². The minimum atomic E-state index is -0.517. The van der Waals surface area contributed by atoms with E-state index in [9.17, 15) is 5.11 Å². The molecular weight excluding hydrogens is 317 g/mol. The van der Waals surface area contributed by atoms with Crippen LogP contribution in [-0.4, -0.2) is 15.1 Å². The van der Waals surface area contributed by atoms with Crippen molar-refractivity contribution in [1.82, 2.24) is 9.97 Å². The first-order valence-electron chi connectivity index (χ1n) is 7.77. The number of phenols is 1. The first-order chi connectivity index (χ1) is 12.2. The highest BCUT2D eigenvalue weighted by Gasteiger charge is 2.18. The van der Waals surface area contributed by atoms with Gasteiger partial charge < -0.3 is 10.4 Å². The van der Waals surface area contributed by atoms with Gasteiger partial charge in [-0.15, -0.1) is 0 Å². The minimum absolute atomic E-state index is 0.0148. The zero-order valence-corrected chi connectivity index (χ0v) is 13.1. The normalized spacial score (nSPS) is 10.8. The number of anilines is 2. The second kappa shape index (κ2) is 6.20. The van der Waals surface area contributed by atoms with Crippen LogP contribution in [0.3, 0.4) is 0 Å². The van der Waals surface area contributed by atoms with Crippen molar-refractivity contribution < 1.29 is 9.50 Å². The summed E-state index contributed by atoms with van der Waals surface area (Å²) in [6.07, 6.45) is 3.26. The van der Waals surface area contributed by atoms with Crippen LogP contribution in [0.4, 0.5) is 15.8 Å². The molecule has 0 aliphatic heterocycles. The van der Waals surface area contributed by atoms with Crippen LogP contribution in [0.1, 0.15) is 0 Å². The maximum Gasteiger partial charge on any atom is 0.173 e. The van der Waals surface area contributed by atoms with E-state index in [0.29, 0.717) is 27.8 Å². The lowest BCUT2D eigenvalue weighted by atomic mass is 10.1. The topological polar surface area (TPSA) is 58.0 Å². The molecule has 0 spiro atoms. The van der Waals surface area contributed by atoms with Gasteiger partial charge in [-0.1, -0.05) is 30.3 Å². The number of rotatable bonds is 3. The van der Waals surface area contributed by atoms with Gasteiger partial charge in [-0.05, 0) is 30.3 Å². The van der Waals surface area contributed by atoms with Crippen molar-refractivity contribution in [3.8, 4) is 17.0 Å². The number of aromatic hydroxyl groups is 1. The van der Waals surface area contributed by atoms with E-state index in [-0.39, 0.29) is 11.4 Å². The molecule has 25 heavy (non-hydrogen) atoms. The Bertz CT molecular complexity index is 1050. The molecule has 0 unspecified atom stereocenters. The number of nitrogens with zero attached hydrogens (tertiary/aromatic N) is 2. The summed E-state index contributed by atoms with van der Waals surface area (Å²) >= 11 is 0. The molecule has 0 saturated heterocycles. The number of hydrogen-bond acceptors (Lipinski definition) is 4. The predicted molar refractivity (Wildman–Crippen MR) is 96.3 cm³/mol. The Balaban J connectivity index is 1.97. The Morgan fingerprint density at radius 3 is 2.40 bits per heavy atom. The molecule has 0 aliphatic rings. The SMILES string of the molecule is Oc1ccccc1-c1nc2ccccc2c(Nc2ccncc2)c1F. The molecule has 0 aliphatic carbocycles. The lowest BCUT2D eigenvalue weighted by Crippen LogP contribution is -2.00. The van der Waals surface area contributed by atoms with Crippen molar-refractivity contribution in [2.45, 2.75) is 0 Å². The Labute approximate surface area is 143 Å². The summed E-state index contributed by atoms with van der Waals surface area (Å²) in [6, 6.07) is 17.4. The van der Waals surface area contributed by atoms with E-state index in [1.165, 1.54) is 6.07 Å². The minimum Gasteiger partial charge on any atom is -0.507 e. The van der Waals surface area contributed by atoms with Crippen LogP contribution in [0.2, 0.25) is 0 Å². The van der Waals surface area contributed by atoms with Crippen molar-refractivity contribution in [2.75, 3.05) is 5.32 Å². The molecule has 4 aromatic rings. The molecule has 0 radical (unpaired) electrons. The summed E-state index contributed by atoms with van der Waals surface area (Å²) < 4.78 is 15.3. The van der Waals surface area contributed by atoms with Crippen LogP contribution >= 0.6 is 0 Å². The monoisotopic (exact) mass is 331 g/mol. The van der Waals surface area contributed by atoms with Crippen molar-refractivity contribution >= 4 is 22.3 Å². The number of aromatic nitrogens is 2. The van der Waals surface area contributed by atoms with Gasteiger partial charge in [-0.2, -0.15) is 0 Å². The maximum absolute atomic E-state index is 15.3. The molecular formula is C20H14FN3O. The van der Waals surface area contributed by atoms with Crippen LogP contribution in [0, 0.1) is 5.82 Å². The Hall–Kier alpha value is -3.47. The summed E-state index contributed by atoms with van der Waals surface area (Å²) in [5, 5.41) is 13.9. The van der Waals surface area contributed by atoms with Crippen molar-refractivity contribution in [3.63, 3.8) is 0 Å². The molecule has 0 fully saturated rings. The third kappa shape index (κ3) is 2.76. The van der Waals surface area contributed by atoms with Crippen LogP contribution in [-0.2, 0) is 0 Å². The van der Waals surface area contributed by atoms with Gasteiger partial charge in [0.25, 0.3) is 0 Å². The molecule has 2 N–H and O–H groups in total. The lowest BCUT2D eigenvalue weighted by Gasteiger charge is -2.14. The largest absolute Gasteiger partial charge is 0.507 e. The maximum atomic E-state index is 15.3. The first kappa shape index (κ1) is 15.1. The summed E-state index contributed by atoms with van der Waals surface area (Å²) in [7, 11) is 0. The van der Waals surface area contributed by atoms with Crippen molar-refractivity contribution in [1.29, 1.82) is 0 Å². The molecule has 0 atom stereocenters. The predicted octanol–water partition coefficient (Wildman–Crippen LogP) is 4.89. The third-order valence-corrected chi connectivity index (χ3v) is 3.94. The zero-order valence-electron chi connectivity index (χ0n) is 13.1. The van der Waals surface area contributed by atoms with E-state index < -0.39 is 5.82 Å². The highest BCUT2D eigenvalue weighted by atomic mass is 19.1. The van der Waals surface area contributed by atoms with Gasteiger partial charge in [0.05, 0.1) is 11.2 Å². The number of halogens is 1. The van der Waals surface area contributed by atoms with E-state index in [2.05, 4.69) is 15.3 Å². The Morgan fingerprint density at radius 1 is 0.880 bits per heavy atom. The fraction of sp³-hybridized carbons (Fsp3) is 0. The molecule has 5 heteroatoms. The number of phenolic OH excluding ortho intramolecular Hbond substituents is 1. The molecule has 2 aromatic carbocycles. The number of para-hydroxylation sites is 2. The van der Waals surface area contributed by atoms with Gasteiger partial charge in [-0.3, -0.25) is 4.98 Å². The standard InChI is InChI=1S/C20H14FN3O/c21-18-19(23-13-9-11-22-12-10-13)14-5-1-3-7-16(14)24-20(18)15-6-2-4-8-17(15)25/h1-12,25H,(H,22,23,24). The quantitative estimate of drug-likeness (QED) is 0.561. The van der Waals surface area contributed by atoms with Crippen molar-refractivity contribution in [3.05, 3.63) is 78.9 Å². The highest BCUT2D eigenvalue weighted by Crippen LogP contribution is 2.37. The van der Waals surface area contributed by atoms with E-state index in [4.69, 9.17) is 0 Å².